The SMILES string of the molecule is Cn1c(=O)c2[nH]c(CCCC(=O)NCCCCCC(=O)O)nc2n(C)c1=O.Cn1c(=O)c2[nH]c(CCCC(=O)O)nc2n(C)c1=O. The van der Waals surface area contributed by atoms with Crippen molar-refractivity contribution in [3.63, 3.8) is 0 Å². The van der Waals surface area contributed by atoms with Gasteiger partial charge >= 0.3 is 23.3 Å². The summed E-state index contributed by atoms with van der Waals surface area (Å²) < 4.78 is 4.62. The highest BCUT2D eigenvalue weighted by Crippen LogP contribution is 2.08. The van der Waals surface area contributed by atoms with Crippen LogP contribution in [0.15, 0.2) is 19.2 Å². The van der Waals surface area contributed by atoms with Gasteiger partial charge in [-0.3, -0.25) is 42.2 Å². The first kappa shape index (κ1) is 35.2. The molecule has 0 radical (unpaired) electrons. The normalized spacial score (nSPS) is 11.0. The average Bonchev–Trinajstić information content (AvgIpc) is 3.64. The third-order valence-corrected chi connectivity index (χ3v) is 7.30. The number of carboxylic acid groups (broad SMARTS) is 2. The largest absolute Gasteiger partial charge is 0.481 e. The predicted octanol–water partition coefficient (Wildman–Crippen LogP) is -0.588. The number of imidazole rings is 2. The van der Waals surface area contributed by atoms with Crippen LogP contribution in [0.3, 0.4) is 0 Å². The van der Waals surface area contributed by atoms with E-state index < -0.39 is 34.4 Å². The van der Waals surface area contributed by atoms with Crippen molar-refractivity contribution < 1.29 is 24.6 Å². The molecule has 0 unspecified atom stereocenters. The summed E-state index contributed by atoms with van der Waals surface area (Å²) in [6.45, 7) is 0.529. The number of amides is 1. The number of hydrogen-bond acceptors (Lipinski definition) is 9. The molecule has 0 aliphatic heterocycles. The summed E-state index contributed by atoms with van der Waals surface area (Å²) in [4.78, 5) is 94.5. The number of fused-ring (bicyclic) bond motifs is 2. The third kappa shape index (κ3) is 8.66. The number of carbonyl (C=O) groups excluding carboxylic acids is 1. The first-order valence-corrected chi connectivity index (χ1v) is 14.7. The summed E-state index contributed by atoms with van der Waals surface area (Å²) in [5.74, 6) is -0.686. The van der Waals surface area contributed by atoms with Gasteiger partial charge in [-0.2, -0.15) is 0 Å². The molecule has 46 heavy (non-hydrogen) atoms. The van der Waals surface area contributed by atoms with E-state index in [1.54, 1.807) is 7.05 Å². The van der Waals surface area contributed by atoms with E-state index in [1.165, 1.54) is 30.3 Å². The van der Waals surface area contributed by atoms with Gasteiger partial charge in [0.25, 0.3) is 11.1 Å². The summed E-state index contributed by atoms with van der Waals surface area (Å²) in [6, 6.07) is 0. The van der Waals surface area contributed by atoms with Crippen LogP contribution >= 0.6 is 0 Å². The highest BCUT2D eigenvalue weighted by Gasteiger charge is 2.15. The van der Waals surface area contributed by atoms with E-state index in [0.29, 0.717) is 68.0 Å². The number of nitrogens with one attached hydrogen (secondary N) is 3. The Labute approximate surface area is 260 Å². The Hall–Kier alpha value is -5.29. The van der Waals surface area contributed by atoms with Crippen molar-refractivity contribution in [2.24, 2.45) is 28.2 Å². The number of aromatic amines is 2. The number of rotatable bonds is 14. The molecule has 0 spiro atoms. The second-order valence-corrected chi connectivity index (χ2v) is 10.8. The summed E-state index contributed by atoms with van der Waals surface area (Å²) in [5.41, 5.74) is -0.602. The molecule has 0 saturated carbocycles. The first-order valence-electron chi connectivity index (χ1n) is 14.7. The van der Waals surface area contributed by atoms with Crippen molar-refractivity contribution in [1.82, 2.24) is 43.5 Å². The second-order valence-electron chi connectivity index (χ2n) is 10.8. The second kappa shape index (κ2) is 15.6. The number of aliphatic carboxylic acids is 2. The molecule has 0 aliphatic rings. The van der Waals surface area contributed by atoms with E-state index in [2.05, 4.69) is 25.3 Å². The number of H-pyrrole nitrogens is 2. The number of aryl methyl sites for hydroxylation is 4. The van der Waals surface area contributed by atoms with E-state index in [9.17, 15) is 33.6 Å². The molecule has 18 heteroatoms. The Bertz CT molecular complexity index is 1970. The van der Waals surface area contributed by atoms with Crippen molar-refractivity contribution in [3.8, 4) is 0 Å². The number of carbonyl (C=O) groups is 3. The van der Waals surface area contributed by atoms with Gasteiger partial charge in [0.2, 0.25) is 5.91 Å². The maximum atomic E-state index is 12.1. The molecule has 0 bridgehead atoms. The van der Waals surface area contributed by atoms with Crippen molar-refractivity contribution in [2.45, 2.75) is 64.2 Å². The van der Waals surface area contributed by atoms with E-state index in [-0.39, 0.29) is 29.8 Å². The quantitative estimate of drug-likeness (QED) is 0.108. The lowest BCUT2D eigenvalue weighted by atomic mass is 10.2. The van der Waals surface area contributed by atoms with Crippen LogP contribution < -0.4 is 27.8 Å². The van der Waals surface area contributed by atoms with Crippen LogP contribution in [0.25, 0.3) is 22.3 Å². The van der Waals surface area contributed by atoms with Gasteiger partial charge in [0.15, 0.2) is 11.3 Å². The van der Waals surface area contributed by atoms with Crippen LogP contribution in [0, 0.1) is 0 Å². The van der Waals surface area contributed by atoms with Gasteiger partial charge in [0, 0.05) is 66.8 Å². The number of carboxylic acids is 2. The molecule has 0 aliphatic carbocycles. The molecule has 0 fully saturated rings. The van der Waals surface area contributed by atoms with Gasteiger partial charge in [-0.05, 0) is 25.7 Å². The first-order chi connectivity index (χ1) is 21.7. The predicted molar refractivity (Wildman–Crippen MR) is 166 cm³/mol. The standard InChI is InChI=1S/C17H25N5O5.C11H14N4O4/c1-21-15-14(16(26)22(2)17(21)27)19-11(20-15)7-6-8-12(23)18-10-5-3-4-9-13(24)25;1-14-9-8(10(18)15(2)11(14)19)12-6(13-9)4-3-5-7(16)17/h3-10H2,1-2H3,(H,18,23)(H,19,20)(H,24,25);3-5H2,1-2H3,(H,12,13)(H,16,17). The lowest BCUT2D eigenvalue weighted by molar-refractivity contribution is -0.138. The van der Waals surface area contributed by atoms with E-state index in [4.69, 9.17) is 10.2 Å². The summed E-state index contributed by atoms with van der Waals surface area (Å²) >= 11 is 0. The Morgan fingerprint density at radius 1 is 0.630 bits per heavy atom. The van der Waals surface area contributed by atoms with E-state index in [0.717, 1.165) is 22.0 Å². The fourth-order valence-electron chi connectivity index (χ4n) is 4.70. The van der Waals surface area contributed by atoms with E-state index >= 15 is 0 Å². The molecule has 4 aromatic rings. The molecule has 0 atom stereocenters. The molecule has 0 aromatic carbocycles. The maximum Gasteiger partial charge on any atom is 0.332 e. The Morgan fingerprint density at radius 3 is 1.52 bits per heavy atom. The molecule has 250 valence electrons. The maximum absolute atomic E-state index is 12.1. The van der Waals surface area contributed by atoms with Gasteiger partial charge in [0.1, 0.15) is 22.7 Å². The monoisotopic (exact) mass is 645 g/mol. The minimum Gasteiger partial charge on any atom is -0.481 e. The molecule has 4 rings (SSSR count). The zero-order valence-corrected chi connectivity index (χ0v) is 26.2. The third-order valence-electron chi connectivity index (χ3n) is 7.30. The Kier molecular flexibility index (Phi) is 12.0. The molecule has 18 nitrogen and oxygen atoms in total. The van der Waals surface area contributed by atoms with Crippen LogP contribution in [-0.4, -0.2) is 72.8 Å². The fraction of sp³-hybridized carbons (Fsp3) is 0.536. The number of aromatic nitrogens is 8. The Morgan fingerprint density at radius 2 is 1.07 bits per heavy atom. The van der Waals surface area contributed by atoms with Crippen molar-refractivity contribution in [2.75, 3.05) is 6.54 Å². The van der Waals surface area contributed by atoms with Gasteiger partial charge in [-0.15, -0.1) is 0 Å². The summed E-state index contributed by atoms with van der Waals surface area (Å²) in [7, 11) is 5.90. The van der Waals surface area contributed by atoms with Crippen molar-refractivity contribution in [1.29, 1.82) is 0 Å². The molecule has 1 amide bonds. The van der Waals surface area contributed by atoms with Gasteiger partial charge in [-0.25, -0.2) is 19.6 Å². The average molecular weight is 646 g/mol. The lowest BCUT2D eigenvalue weighted by Gasteiger charge is -2.04. The number of nitrogens with zero attached hydrogens (tertiary/aromatic N) is 6. The minimum absolute atomic E-state index is 0.0357. The van der Waals surface area contributed by atoms with Gasteiger partial charge in [-0.1, -0.05) is 6.42 Å². The van der Waals surface area contributed by atoms with E-state index in [1.807, 2.05) is 0 Å². The molecule has 5 N–H and O–H groups in total. The molecular weight excluding hydrogens is 606 g/mol. The highest BCUT2D eigenvalue weighted by molar-refractivity contribution is 5.76. The van der Waals surface area contributed by atoms with Crippen LogP contribution in [0.5, 0.6) is 0 Å². The molecule has 0 saturated heterocycles. The fourth-order valence-corrected chi connectivity index (χ4v) is 4.70. The Balaban J connectivity index is 0.000000266. The van der Waals surface area contributed by atoms with Crippen molar-refractivity contribution in [3.05, 3.63) is 53.3 Å². The van der Waals surface area contributed by atoms with Crippen LogP contribution in [0.1, 0.15) is 63.0 Å². The zero-order valence-electron chi connectivity index (χ0n) is 26.2. The topological polar surface area (TPSA) is 249 Å². The van der Waals surface area contributed by atoms with Gasteiger partial charge < -0.3 is 25.5 Å². The summed E-state index contributed by atoms with van der Waals surface area (Å²) in [6.07, 6.45) is 4.51. The van der Waals surface area contributed by atoms with Crippen LogP contribution in [0.4, 0.5) is 0 Å². The number of hydrogen-bond donors (Lipinski definition) is 5. The highest BCUT2D eigenvalue weighted by atomic mass is 16.4. The van der Waals surface area contributed by atoms with Crippen molar-refractivity contribution >= 4 is 40.2 Å². The molecule has 4 heterocycles. The van der Waals surface area contributed by atoms with Gasteiger partial charge in [0.05, 0.1) is 0 Å². The van der Waals surface area contributed by atoms with Crippen LogP contribution in [-0.2, 0) is 55.4 Å². The van der Waals surface area contributed by atoms with Crippen LogP contribution in [0.2, 0.25) is 0 Å². The lowest BCUT2D eigenvalue weighted by Crippen LogP contribution is -2.36. The number of unbranched alkanes of at least 4 members (excludes halogenated alkanes) is 2. The molecule has 4 aromatic heterocycles. The summed E-state index contributed by atoms with van der Waals surface area (Å²) in [5, 5.41) is 19.9. The molecular formula is C28H39N9O9. The minimum atomic E-state index is -0.876. The zero-order chi connectivity index (χ0) is 34.1. The smallest absolute Gasteiger partial charge is 0.332 e.